The van der Waals surface area contributed by atoms with Gasteiger partial charge in [-0.2, -0.15) is 13.2 Å². The van der Waals surface area contributed by atoms with Gasteiger partial charge in [0.15, 0.2) is 11.6 Å². The van der Waals surface area contributed by atoms with Crippen LogP contribution in [-0.4, -0.2) is 32.1 Å². The molecule has 0 fully saturated rings. The molecule has 3 N–H and O–H groups in total. The second kappa shape index (κ2) is 11.5. The summed E-state index contributed by atoms with van der Waals surface area (Å²) in [5, 5.41) is 5.30. The number of sulfonamides is 1. The molecule has 7 nitrogen and oxygen atoms in total. The highest BCUT2D eigenvalue weighted by Crippen LogP contribution is 2.30. The number of nitrogens with one attached hydrogen (secondary N) is 3. The Labute approximate surface area is 199 Å². The molecule has 1 unspecified atom stereocenters. The summed E-state index contributed by atoms with van der Waals surface area (Å²) in [5.41, 5.74) is -1.65. The van der Waals surface area contributed by atoms with Crippen molar-refractivity contribution in [2.24, 2.45) is 0 Å². The number of hydrogen-bond donors (Lipinski definition) is 3. The van der Waals surface area contributed by atoms with Crippen molar-refractivity contribution in [3.8, 4) is 0 Å². The number of pyridine rings is 1. The van der Waals surface area contributed by atoms with E-state index in [0.29, 0.717) is 13.0 Å². The van der Waals surface area contributed by atoms with Gasteiger partial charge in [0.1, 0.15) is 17.2 Å². The highest BCUT2D eigenvalue weighted by atomic mass is 32.2. The maximum atomic E-state index is 14.2. The molecular formula is C22H25F5N4O3S. The number of aromatic nitrogens is 1. The van der Waals surface area contributed by atoms with Gasteiger partial charge in [-0.15, -0.1) is 0 Å². The first-order valence-electron chi connectivity index (χ1n) is 10.5. The van der Waals surface area contributed by atoms with Crippen LogP contribution in [0.2, 0.25) is 0 Å². The van der Waals surface area contributed by atoms with E-state index in [-0.39, 0.29) is 16.9 Å². The van der Waals surface area contributed by atoms with Crippen molar-refractivity contribution in [2.45, 2.75) is 38.9 Å². The zero-order valence-corrected chi connectivity index (χ0v) is 19.9. The number of nitrogens with zero attached hydrogens (tertiary/aromatic N) is 1. The Kier molecular flexibility index (Phi) is 9.18. The van der Waals surface area contributed by atoms with Crippen LogP contribution in [0.25, 0.3) is 6.08 Å². The molecule has 0 aliphatic rings. The number of hydrogen-bond acceptors (Lipinski definition) is 5. The minimum atomic E-state index is -4.63. The number of carbonyl (C=O) groups excluding carboxylic acids is 1. The molecule has 192 valence electrons. The Morgan fingerprint density at radius 1 is 1.17 bits per heavy atom. The molecule has 1 amide bonds. The monoisotopic (exact) mass is 520 g/mol. The molecule has 0 spiro atoms. The van der Waals surface area contributed by atoms with Crippen LogP contribution in [-0.2, 0) is 21.0 Å². The summed E-state index contributed by atoms with van der Waals surface area (Å²) in [6.07, 6.45) is -0.0600. The highest BCUT2D eigenvalue weighted by molar-refractivity contribution is 7.92. The van der Waals surface area contributed by atoms with Crippen LogP contribution in [0.5, 0.6) is 0 Å². The number of benzene rings is 1. The second-order valence-corrected chi connectivity index (χ2v) is 9.46. The Balaban J connectivity index is 2.18. The number of anilines is 2. The van der Waals surface area contributed by atoms with Gasteiger partial charge in [0.25, 0.3) is 0 Å². The van der Waals surface area contributed by atoms with Gasteiger partial charge >= 0.3 is 6.18 Å². The van der Waals surface area contributed by atoms with Crippen LogP contribution < -0.4 is 15.4 Å². The number of rotatable bonds is 10. The molecule has 13 heteroatoms. The fourth-order valence-electron chi connectivity index (χ4n) is 2.92. The van der Waals surface area contributed by atoms with E-state index in [0.717, 1.165) is 37.0 Å². The first-order valence-corrected chi connectivity index (χ1v) is 12.4. The summed E-state index contributed by atoms with van der Waals surface area (Å²) in [6, 6.07) is 2.84. The lowest BCUT2D eigenvalue weighted by molar-refractivity contribution is -0.141. The van der Waals surface area contributed by atoms with Crippen molar-refractivity contribution < 1.29 is 35.2 Å². The standard InChI is InChI=1S/C22H25F5N4O3S/c1-4-5-10-28-21-14(6-8-18(30-21)22(25,26)27)7-9-19(32)29-13(2)15-11-16(23)20(17(24)12-15)31-35(3,33)34/h6-9,11-13,31H,4-5,10H2,1-3H3,(H,28,30)(H,29,32). The van der Waals surface area contributed by atoms with E-state index in [1.807, 2.05) is 6.92 Å². The first-order chi connectivity index (χ1) is 16.2. The van der Waals surface area contributed by atoms with Crippen LogP contribution in [0.15, 0.2) is 30.3 Å². The van der Waals surface area contributed by atoms with Gasteiger partial charge < -0.3 is 10.6 Å². The van der Waals surface area contributed by atoms with Crippen molar-refractivity contribution in [3.05, 3.63) is 58.8 Å². The molecule has 35 heavy (non-hydrogen) atoms. The van der Waals surface area contributed by atoms with Gasteiger partial charge in [-0.05, 0) is 49.2 Å². The molecular weight excluding hydrogens is 495 g/mol. The van der Waals surface area contributed by atoms with E-state index in [9.17, 15) is 35.2 Å². The van der Waals surface area contributed by atoms with Gasteiger partial charge in [0.2, 0.25) is 15.9 Å². The molecule has 0 saturated carbocycles. The summed E-state index contributed by atoms with van der Waals surface area (Å²) in [7, 11) is -3.91. The lowest BCUT2D eigenvalue weighted by Crippen LogP contribution is -2.25. The van der Waals surface area contributed by atoms with E-state index in [1.54, 1.807) is 4.72 Å². The molecule has 1 atom stereocenters. The Hall–Kier alpha value is -3.22. The number of carbonyl (C=O) groups is 1. The SMILES string of the molecule is CCCCNc1nc(C(F)(F)F)ccc1C=CC(=O)NC(C)c1cc(F)c(NS(C)(=O)=O)c(F)c1. The minimum Gasteiger partial charge on any atom is -0.370 e. The third-order valence-corrected chi connectivity index (χ3v) is 5.24. The zero-order valence-electron chi connectivity index (χ0n) is 19.1. The largest absolute Gasteiger partial charge is 0.433 e. The number of unbranched alkanes of at least 4 members (excludes halogenated alkanes) is 1. The Morgan fingerprint density at radius 3 is 2.34 bits per heavy atom. The summed E-state index contributed by atoms with van der Waals surface area (Å²) in [4.78, 5) is 15.9. The Bertz CT molecular complexity index is 1180. The molecule has 0 aliphatic carbocycles. The van der Waals surface area contributed by atoms with Gasteiger partial charge in [-0.3, -0.25) is 9.52 Å². The maximum Gasteiger partial charge on any atom is 0.433 e. The van der Waals surface area contributed by atoms with Crippen LogP contribution in [0.4, 0.5) is 33.5 Å². The molecule has 0 aliphatic heterocycles. The first kappa shape index (κ1) is 28.0. The summed E-state index contributed by atoms with van der Waals surface area (Å²) in [5.74, 6) is -3.05. The summed E-state index contributed by atoms with van der Waals surface area (Å²) >= 11 is 0. The Morgan fingerprint density at radius 2 is 1.80 bits per heavy atom. The lowest BCUT2D eigenvalue weighted by atomic mass is 10.1. The van der Waals surface area contributed by atoms with Crippen molar-refractivity contribution in [3.63, 3.8) is 0 Å². The normalized spacial score (nSPS) is 13.0. The number of halogens is 5. The average molecular weight is 521 g/mol. The summed E-state index contributed by atoms with van der Waals surface area (Å²) < 4.78 is 91.7. The average Bonchev–Trinajstić information content (AvgIpc) is 2.74. The number of amides is 1. The van der Waals surface area contributed by atoms with E-state index in [4.69, 9.17) is 0 Å². The quantitative estimate of drug-likeness (QED) is 0.236. The van der Waals surface area contributed by atoms with Crippen molar-refractivity contribution in [1.29, 1.82) is 0 Å². The van der Waals surface area contributed by atoms with Crippen LogP contribution in [0.3, 0.4) is 0 Å². The molecule has 1 aromatic heterocycles. The zero-order chi connectivity index (χ0) is 26.4. The molecule has 2 rings (SSSR count). The van der Waals surface area contributed by atoms with E-state index in [2.05, 4.69) is 15.6 Å². The van der Waals surface area contributed by atoms with Gasteiger partial charge in [-0.1, -0.05) is 13.3 Å². The van der Waals surface area contributed by atoms with E-state index in [1.165, 1.54) is 19.1 Å². The van der Waals surface area contributed by atoms with Crippen molar-refractivity contribution in [2.75, 3.05) is 22.8 Å². The maximum absolute atomic E-state index is 14.2. The minimum absolute atomic E-state index is 0.0268. The predicted molar refractivity (Wildman–Crippen MR) is 123 cm³/mol. The fraction of sp³-hybridized carbons (Fsp3) is 0.364. The molecule has 1 aromatic carbocycles. The second-order valence-electron chi connectivity index (χ2n) is 7.71. The third-order valence-electron chi connectivity index (χ3n) is 4.66. The van der Waals surface area contributed by atoms with Crippen LogP contribution in [0, 0.1) is 11.6 Å². The van der Waals surface area contributed by atoms with Crippen molar-refractivity contribution in [1.82, 2.24) is 10.3 Å². The highest BCUT2D eigenvalue weighted by Gasteiger charge is 2.33. The third kappa shape index (κ3) is 8.50. The van der Waals surface area contributed by atoms with Crippen molar-refractivity contribution >= 4 is 33.5 Å². The lowest BCUT2D eigenvalue weighted by Gasteiger charge is -2.15. The van der Waals surface area contributed by atoms with Crippen LogP contribution >= 0.6 is 0 Å². The van der Waals surface area contributed by atoms with Gasteiger partial charge in [0.05, 0.1) is 12.3 Å². The molecule has 0 radical (unpaired) electrons. The fourth-order valence-corrected chi connectivity index (χ4v) is 3.49. The van der Waals surface area contributed by atoms with Gasteiger partial charge in [-0.25, -0.2) is 22.2 Å². The molecule has 0 saturated heterocycles. The van der Waals surface area contributed by atoms with Crippen LogP contribution in [0.1, 0.15) is 49.6 Å². The number of alkyl halides is 3. The topological polar surface area (TPSA) is 100 Å². The van der Waals surface area contributed by atoms with E-state index >= 15 is 0 Å². The predicted octanol–water partition coefficient (Wildman–Crippen LogP) is 4.85. The molecule has 0 bridgehead atoms. The van der Waals surface area contributed by atoms with Gasteiger partial charge in [0, 0.05) is 18.2 Å². The molecule has 2 aromatic rings. The molecule has 1 heterocycles. The smallest absolute Gasteiger partial charge is 0.370 e. The van der Waals surface area contributed by atoms with E-state index < -0.39 is 51.2 Å². The summed E-state index contributed by atoms with van der Waals surface area (Å²) in [6.45, 7) is 3.75.